The molecule has 2 aromatic rings. The van der Waals surface area contributed by atoms with Gasteiger partial charge in [0.15, 0.2) is 0 Å². The van der Waals surface area contributed by atoms with Gasteiger partial charge in [0.2, 0.25) is 0 Å². The number of nitrogens with zero attached hydrogens (tertiary/aromatic N) is 3. The van der Waals surface area contributed by atoms with Crippen molar-refractivity contribution in [1.29, 1.82) is 0 Å². The van der Waals surface area contributed by atoms with Crippen LogP contribution in [0, 0.1) is 18.8 Å². The van der Waals surface area contributed by atoms with Gasteiger partial charge in [-0.05, 0) is 38.4 Å². The van der Waals surface area contributed by atoms with Crippen molar-refractivity contribution in [3.8, 4) is 11.8 Å². The average molecular weight is 337 g/mol. The molecule has 0 spiro atoms. The van der Waals surface area contributed by atoms with Crippen LogP contribution < -0.4 is 10.6 Å². The van der Waals surface area contributed by atoms with Gasteiger partial charge in [-0.2, -0.15) is 5.10 Å². The predicted octanol–water partition coefficient (Wildman–Crippen LogP) is 1.53. The molecule has 5 heteroatoms. The molecule has 2 saturated heterocycles. The van der Waals surface area contributed by atoms with Gasteiger partial charge < -0.3 is 10.6 Å². The van der Waals surface area contributed by atoms with Crippen molar-refractivity contribution in [2.75, 3.05) is 45.8 Å². The number of piperidine rings is 1. The Hall–Kier alpha value is -1.87. The van der Waals surface area contributed by atoms with E-state index in [1.165, 1.54) is 23.7 Å². The molecule has 3 heterocycles. The van der Waals surface area contributed by atoms with Crippen molar-refractivity contribution in [1.82, 2.24) is 25.3 Å². The molecule has 0 saturated carbocycles. The maximum absolute atomic E-state index is 4.86. The van der Waals surface area contributed by atoms with E-state index < -0.39 is 0 Å². The summed E-state index contributed by atoms with van der Waals surface area (Å²) in [6.07, 6.45) is 2.41. The molecule has 0 aliphatic carbocycles. The topological polar surface area (TPSA) is 45.1 Å². The first-order chi connectivity index (χ1) is 12.3. The molecule has 132 valence electrons. The van der Waals surface area contributed by atoms with Crippen LogP contribution in [0.5, 0.6) is 0 Å². The SMILES string of the molecule is Cc1nn(C2CCCNC2)c2cccc(C#CCN3CCNCC3)c12. The third kappa shape index (κ3) is 3.57. The lowest BCUT2D eigenvalue weighted by Crippen LogP contribution is -2.43. The number of aromatic nitrogens is 2. The van der Waals surface area contributed by atoms with Crippen molar-refractivity contribution in [2.24, 2.45) is 0 Å². The molecule has 25 heavy (non-hydrogen) atoms. The number of aryl methyl sites for hydroxylation is 1. The third-order valence-corrected chi connectivity index (χ3v) is 5.26. The summed E-state index contributed by atoms with van der Waals surface area (Å²) in [7, 11) is 0. The van der Waals surface area contributed by atoms with Crippen molar-refractivity contribution in [3.63, 3.8) is 0 Å². The molecule has 0 amide bonds. The van der Waals surface area contributed by atoms with Crippen molar-refractivity contribution in [2.45, 2.75) is 25.8 Å². The second-order valence-electron chi connectivity index (χ2n) is 7.06. The quantitative estimate of drug-likeness (QED) is 0.816. The first-order valence-corrected chi connectivity index (χ1v) is 9.43. The van der Waals surface area contributed by atoms with E-state index in [9.17, 15) is 0 Å². The standard InChI is InChI=1S/C20H27N5/c1-16-20-17(6-4-12-24-13-10-21-11-14-24)5-2-8-19(20)25(23-16)18-7-3-9-22-15-18/h2,5,8,18,21-22H,3,7,9-15H2,1H3. The van der Waals surface area contributed by atoms with Gasteiger partial charge in [0.05, 0.1) is 23.8 Å². The van der Waals surface area contributed by atoms with Crippen LogP contribution in [0.2, 0.25) is 0 Å². The Morgan fingerprint density at radius 3 is 2.88 bits per heavy atom. The van der Waals surface area contributed by atoms with Crippen LogP contribution in [0.15, 0.2) is 18.2 Å². The van der Waals surface area contributed by atoms with Crippen LogP contribution in [0.3, 0.4) is 0 Å². The number of nitrogens with one attached hydrogen (secondary N) is 2. The zero-order valence-corrected chi connectivity index (χ0v) is 15.0. The van der Waals surface area contributed by atoms with Gasteiger partial charge in [-0.15, -0.1) is 0 Å². The summed E-state index contributed by atoms with van der Waals surface area (Å²) in [6, 6.07) is 6.89. The minimum Gasteiger partial charge on any atom is -0.315 e. The Balaban J connectivity index is 1.60. The second-order valence-corrected chi connectivity index (χ2v) is 7.06. The Morgan fingerprint density at radius 1 is 1.20 bits per heavy atom. The van der Waals surface area contributed by atoms with E-state index in [1.54, 1.807) is 0 Å². The molecular weight excluding hydrogens is 310 g/mol. The number of fused-ring (bicyclic) bond motifs is 1. The van der Waals surface area contributed by atoms with E-state index in [0.29, 0.717) is 6.04 Å². The fourth-order valence-electron chi connectivity index (χ4n) is 3.92. The Bertz CT molecular complexity index is 785. The number of piperazine rings is 1. The van der Waals surface area contributed by atoms with Gasteiger partial charge in [-0.25, -0.2) is 0 Å². The highest BCUT2D eigenvalue weighted by atomic mass is 15.3. The lowest BCUT2D eigenvalue weighted by Gasteiger charge is -2.24. The van der Waals surface area contributed by atoms with Crippen LogP contribution in [0.25, 0.3) is 10.9 Å². The molecule has 2 aliphatic rings. The van der Waals surface area contributed by atoms with Crippen molar-refractivity contribution >= 4 is 10.9 Å². The summed E-state index contributed by atoms with van der Waals surface area (Å²) in [5, 5.41) is 13.0. The molecule has 0 bridgehead atoms. The summed E-state index contributed by atoms with van der Waals surface area (Å²) in [5.41, 5.74) is 3.42. The molecule has 1 aromatic carbocycles. The summed E-state index contributed by atoms with van der Waals surface area (Å²) < 4.78 is 2.22. The van der Waals surface area contributed by atoms with Gasteiger partial charge in [-0.1, -0.05) is 17.9 Å². The van der Waals surface area contributed by atoms with Crippen molar-refractivity contribution in [3.05, 3.63) is 29.5 Å². The van der Waals surface area contributed by atoms with E-state index in [2.05, 4.69) is 57.2 Å². The number of rotatable bonds is 2. The first-order valence-electron chi connectivity index (χ1n) is 9.43. The van der Waals surface area contributed by atoms with E-state index in [-0.39, 0.29) is 0 Å². The fraction of sp³-hybridized carbons (Fsp3) is 0.550. The lowest BCUT2D eigenvalue weighted by molar-refractivity contribution is 0.268. The molecule has 1 aromatic heterocycles. The third-order valence-electron chi connectivity index (χ3n) is 5.26. The van der Waals surface area contributed by atoms with Crippen LogP contribution >= 0.6 is 0 Å². The van der Waals surface area contributed by atoms with Gasteiger partial charge >= 0.3 is 0 Å². The monoisotopic (exact) mass is 337 g/mol. The second kappa shape index (κ2) is 7.57. The Morgan fingerprint density at radius 2 is 2.08 bits per heavy atom. The highest BCUT2D eigenvalue weighted by molar-refractivity contribution is 5.88. The van der Waals surface area contributed by atoms with Crippen LogP contribution in [0.1, 0.15) is 30.1 Å². The smallest absolute Gasteiger partial charge is 0.0701 e. The van der Waals surface area contributed by atoms with Crippen LogP contribution in [-0.2, 0) is 0 Å². The average Bonchev–Trinajstić information content (AvgIpc) is 3.01. The molecule has 0 radical (unpaired) electrons. The molecule has 2 fully saturated rings. The number of benzene rings is 1. The highest BCUT2D eigenvalue weighted by Crippen LogP contribution is 2.27. The van der Waals surface area contributed by atoms with Gasteiger partial charge in [0, 0.05) is 43.7 Å². The number of hydrogen-bond donors (Lipinski definition) is 2. The zero-order valence-electron chi connectivity index (χ0n) is 15.0. The minimum atomic E-state index is 0.453. The molecule has 1 atom stereocenters. The Kier molecular flexibility index (Phi) is 5.02. The summed E-state index contributed by atoms with van der Waals surface area (Å²) in [6.45, 7) is 9.40. The van der Waals surface area contributed by atoms with Gasteiger partial charge in [-0.3, -0.25) is 9.58 Å². The van der Waals surface area contributed by atoms with E-state index in [4.69, 9.17) is 5.10 Å². The molecule has 2 N–H and O–H groups in total. The zero-order chi connectivity index (χ0) is 17.1. The summed E-state index contributed by atoms with van der Waals surface area (Å²) >= 11 is 0. The molecule has 1 unspecified atom stereocenters. The van der Waals surface area contributed by atoms with Crippen LogP contribution in [-0.4, -0.2) is 60.5 Å². The normalized spacial score (nSPS) is 21.9. The van der Waals surface area contributed by atoms with Gasteiger partial charge in [0.1, 0.15) is 0 Å². The van der Waals surface area contributed by atoms with E-state index in [1.807, 2.05) is 0 Å². The van der Waals surface area contributed by atoms with Gasteiger partial charge in [0.25, 0.3) is 0 Å². The number of hydrogen-bond acceptors (Lipinski definition) is 4. The minimum absolute atomic E-state index is 0.453. The predicted molar refractivity (Wildman–Crippen MR) is 102 cm³/mol. The maximum Gasteiger partial charge on any atom is 0.0701 e. The Labute approximate surface area is 149 Å². The molecule has 4 rings (SSSR count). The highest BCUT2D eigenvalue weighted by Gasteiger charge is 2.20. The summed E-state index contributed by atoms with van der Waals surface area (Å²) in [5.74, 6) is 6.79. The first kappa shape index (κ1) is 16.6. The van der Waals surface area contributed by atoms with E-state index >= 15 is 0 Å². The maximum atomic E-state index is 4.86. The molecular formula is C20H27N5. The lowest BCUT2D eigenvalue weighted by atomic mass is 10.1. The summed E-state index contributed by atoms with van der Waals surface area (Å²) in [4.78, 5) is 2.41. The fourth-order valence-corrected chi connectivity index (χ4v) is 3.92. The van der Waals surface area contributed by atoms with E-state index in [0.717, 1.165) is 57.1 Å². The van der Waals surface area contributed by atoms with Crippen LogP contribution in [0.4, 0.5) is 0 Å². The van der Waals surface area contributed by atoms with Crippen molar-refractivity contribution < 1.29 is 0 Å². The molecule has 5 nitrogen and oxygen atoms in total. The largest absolute Gasteiger partial charge is 0.315 e. The molecule has 2 aliphatic heterocycles.